The molecule has 0 aliphatic carbocycles. The van der Waals surface area contributed by atoms with Crippen molar-refractivity contribution in [2.75, 3.05) is 6.54 Å². The van der Waals surface area contributed by atoms with Crippen LogP contribution >= 0.6 is 0 Å². The number of hydrogen-bond donors (Lipinski definition) is 3. The number of aliphatic hydroxyl groups is 1. The molecule has 4 nitrogen and oxygen atoms in total. The molecule has 1 atom stereocenters. The highest BCUT2D eigenvalue weighted by Gasteiger charge is 2.11. The minimum absolute atomic E-state index is 0.115. The van der Waals surface area contributed by atoms with Crippen molar-refractivity contribution < 1.29 is 9.90 Å². The van der Waals surface area contributed by atoms with E-state index in [0.29, 0.717) is 18.5 Å². The lowest BCUT2D eigenvalue weighted by Gasteiger charge is -2.11. The van der Waals surface area contributed by atoms with E-state index in [4.69, 9.17) is 0 Å². The monoisotopic (exact) mass is 322 g/mol. The molecule has 1 amide bonds. The summed E-state index contributed by atoms with van der Waals surface area (Å²) >= 11 is 0. The third-order valence-electron chi connectivity index (χ3n) is 4.46. The maximum Gasteiger partial charge on any atom is 0.251 e. The van der Waals surface area contributed by atoms with Gasteiger partial charge in [-0.1, -0.05) is 30.3 Å². The lowest BCUT2D eigenvalue weighted by molar-refractivity contribution is 0.0943. The van der Waals surface area contributed by atoms with Gasteiger partial charge in [0, 0.05) is 28.7 Å². The zero-order valence-corrected chi connectivity index (χ0v) is 14.0. The van der Waals surface area contributed by atoms with Gasteiger partial charge in [0.15, 0.2) is 0 Å². The molecule has 0 aliphatic rings. The Labute approximate surface area is 141 Å². The lowest BCUT2D eigenvalue weighted by atomic mass is 10.1. The highest BCUT2D eigenvalue weighted by atomic mass is 16.3. The zero-order valence-electron chi connectivity index (χ0n) is 14.0. The number of benzene rings is 2. The van der Waals surface area contributed by atoms with Crippen molar-refractivity contribution in [3.05, 3.63) is 70.9 Å². The van der Waals surface area contributed by atoms with E-state index in [0.717, 1.165) is 22.2 Å². The van der Waals surface area contributed by atoms with Crippen LogP contribution in [0.5, 0.6) is 0 Å². The van der Waals surface area contributed by atoms with E-state index in [2.05, 4.69) is 10.3 Å². The minimum Gasteiger partial charge on any atom is -0.388 e. The predicted molar refractivity (Wildman–Crippen MR) is 96.1 cm³/mol. The average molecular weight is 322 g/mol. The second kappa shape index (κ2) is 6.89. The molecule has 0 spiro atoms. The van der Waals surface area contributed by atoms with Crippen LogP contribution in [0.2, 0.25) is 0 Å². The predicted octanol–water partition coefficient (Wildman–Crippen LogP) is 3.64. The Morgan fingerprint density at radius 3 is 2.67 bits per heavy atom. The van der Waals surface area contributed by atoms with E-state index in [1.165, 1.54) is 5.56 Å². The van der Waals surface area contributed by atoms with Crippen molar-refractivity contribution in [2.24, 2.45) is 0 Å². The molecule has 0 saturated heterocycles. The standard InChI is InChI=1S/C20H22N2O2/c1-13-14(2)22-18-9-8-16(12-17(13)18)20(24)21-11-10-19(23)15-6-4-3-5-7-15/h3-9,12,19,22-23H,10-11H2,1-2H3,(H,21,24). The van der Waals surface area contributed by atoms with Crippen LogP contribution in [0.25, 0.3) is 10.9 Å². The number of fused-ring (bicyclic) bond motifs is 1. The fraction of sp³-hybridized carbons (Fsp3) is 0.250. The SMILES string of the molecule is Cc1[nH]c2ccc(C(=O)NCCC(O)c3ccccc3)cc2c1C. The summed E-state index contributed by atoms with van der Waals surface area (Å²) in [5, 5.41) is 14.1. The summed E-state index contributed by atoms with van der Waals surface area (Å²) in [4.78, 5) is 15.6. The number of nitrogens with one attached hydrogen (secondary N) is 2. The van der Waals surface area contributed by atoms with Crippen LogP contribution in [0.4, 0.5) is 0 Å². The first-order valence-electron chi connectivity index (χ1n) is 8.16. The van der Waals surface area contributed by atoms with Crippen molar-refractivity contribution in [3.8, 4) is 0 Å². The first-order valence-corrected chi connectivity index (χ1v) is 8.16. The molecule has 2 aromatic carbocycles. The van der Waals surface area contributed by atoms with Crippen LogP contribution in [0.3, 0.4) is 0 Å². The van der Waals surface area contributed by atoms with Crippen LogP contribution in [0, 0.1) is 13.8 Å². The van der Waals surface area contributed by atoms with E-state index in [-0.39, 0.29) is 5.91 Å². The average Bonchev–Trinajstić information content (AvgIpc) is 2.89. The van der Waals surface area contributed by atoms with E-state index in [9.17, 15) is 9.90 Å². The fourth-order valence-corrected chi connectivity index (χ4v) is 2.87. The summed E-state index contributed by atoms with van der Waals surface area (Å²) in [6, 6.07) is 15.1. The first kappa shape index (κ1) is 16.3. The van der Waals surface area contributed by atoms with E-state index in [1.807, 2.05) is 62.4 Å². The van der Waals surface area contributed by atoms with Gasteiger partial charge in [-0.25, -0.2) is 0 Å². The number of carbonyl (C=O) groups is 1. The molecule has 0 radical (unpaired) electrons. The van der Waals surface area contributed by atoms with Crippen LogP contribution in [0.1, 0.15) is 39.7 Å². The Kier molecular flexibility index (Phi) is 4.67. The number of rotatable bonds is 5. The van der Waals surface area contributed by atoms with Gasteiger partial charge in [0.25, 0.3) is 5.91 Å². The summed E-state index contributed by atoms with van der Waals surface area (Å²) in [6.45, 7) is 4.50. The Hall–Kier alpha value is -2.59. The Bertz CT molecular complexity index is 853. The highest BCUT2D eigenvalue weighted by molar-refractivity contribution is 5.99. The molecule has 0 fully saturated rings. The highest BCUT2D eigenvalue weighted by Crippen LogP contribution is 2.22. The summed E-state index contributed by atoms with van der Waals surface area (Å²) in [7, 11) is 0. The fourth-order valence-electron chi connectivity index (χ4n) is 2.87. The summed E-state index contributed by atoms with van der Waals surface area (Å²) in [5.74, 6) is -0.115. The van der Waals surface area contributed by atoms with Gasteiger partial charge in [-0.15, -0.1) is 0 Å². The quantitative estimate of drug-likeness (QED) is 0.671. The van der Waals surface area contributed by atoms with Crippen molar-refractivity contribution in [1.29, 1.82) is 0 Å². The van der Waals surface area contributed by atoms with Crippen LogP contribution in [0.15, 0.2) is 48.5 Å². The molecule has 3 rings (SSSR count). The van der Waals surface area contributed by atoms with Gasteiger partial charge in [-0.05, 0) is 49.6 Å². The number of aryl methyl sites for hydroxylation is 2. The molecule has 1 heterocycles. The van der Waals surface area contributed by atoms with Crippen molar-refractivity contribution >= 4 is 16.8 Å². The Balaban J connectivity index is 1.62. The van der Waals surface area contributed by atoms with Crippen molar-refractivity contribution in [1.82, 2.24) is 10.3 Å². The number of aromatic amines is 1. The summed E-state index contributed by atoms with van der Waals surface area (Å²) in [6.07, 6.45) is -0.0798. The normalized spacial score (nSPS) is 12.3. The Morgan fingerprint density at radius 1 is 1.17 bits per heavy atom. The van der Waals surface area contributed by atoms with Crippen molar-refractivity contribution in [3.63, 3.8) is 0 Å². The lowest BCUT2D eigenvalue weighted by Crippen LogP contribution is -2.25. The van der Waals surface area contributed by atoms with Crippen LogP contribution in [-0.4, -0.2) is 22.5 Å². The largest absolute Gasteiger partial charge is 0.388 e. The molecular formula is C20H22N2O2. The first-order chi connectivity index (χ1) is 11.6. The van der Waals surface area contributed by atoms with Gasteiger partial charge >= 0.3 is 0 Å². The van der Waals surface area contributed by atoms with Gasteiger partial charge in [0.2, 0.25) is 0 Å². The number of hydrogen-bond acceptors (Lipinski definition) is 2. The molecule has 0 aliphatic heterocycles. The smallest absolute Gasteiger partial charge is 0.251 e. The van der Waals surface area contributed by atoms with Gasteiger partial charge in [-0.3, -0.25) is 4.79 Å². The van der Waals surface area contributed by atoms with Gasteiger partial charge in [-0.2, -0.15) is 0 Å². The second-order valence-electron chi connectivity index (χ2n) is 6.11. The van der Waals surface area contributed by atoms with E-state index >= 15 is 0 Å². The number of carbonyl (C=O) groups excluding carboxylic acids is 1. The van der Waals surface area contributed by atoms with Crippen LogP contribution in [-0.2, 0) is 0 Å². The van der Waals surface area contributed by atoms with Gasteiger partial charge < -0.3 is 15.4 Å². The number of H-pyrrole nitrogens is 1. The molecular weight excluding hydrogens is 300 g/mol. The molecule has 124 valence electrons. The molecule has 3 aromatic rings. The molecule has 4 heteroatoms. The molecule has 0 saturated carbocycles. The second-order valence-corrected chi connectivity index (χ2v) is 6.11. The number of aliphatic hydroxyl groups excluding tert-OH is 1. The van der Waals surface area contributed by atoms with Gasteiger partial charge in [0.05, 0.1) is 6.10 Å². The molecule has 3 N–H and O–H groups in total. The topological polar surface area (TPSA) is 65.1 Å². The third-order valence-corrected chi connectivity index (χ3v) is 4.46. The molecule has 24 heavy (non-hydrogen) atoms. The number of aromatic nitrogens is 1. The minimum atomic E-state index is -0.566. The van der Waals surface area contributed by atoms with Crippen LogP contribution < -0.4 is 5.32 Å². The summed E-state index contributed by atoms with van der Waals surface area (Å²) in [5.41, 5.74) is 4.83. The van der Waals surface area contributed by atoms with Gasteiger partial charge in [0.1, 0.15) is 0 Å². The Morgan fingerprint density at radius 2 is 1.92 bits per heavy atom. The zero-order chi connectivity index (χ0) is 17.1. The summed E-state index contributed by atoms with van der Waals surface area (Å²) < 4.78 is 0. The maximum absolute atomic E-state index is 12.3. The third kappa shape index (κ3) is 3.34. The molecule has 1 aromatic heterocycles. The number of amides is 1. The maximum atomic E-state index is 12.3. The van der Waals surface area contributed by atoms with E-state index < -0.39 is 6.10 Å². The molecule has 1 unspecified atom stereocenters. The van der Waals surface area contributed by atoms with Crippen molar-refractivity contribution in [2.45, 2.75) is 26.4 Å². The van der Waals surface area contributed by atoms with E-state index in [1.54, 1.807) is 0 Å². The molecule has 0 bridgehead atoms.